The molecule has 0 N–H and O–H groups in total. The van der Waals surface area contributed by atoms with Crippen LogP contribution in [0.15, 0.2) is 60.7 Å². The van der Waals surface area contributed by atoms with Crippen LogP contribution in [0.1, 0.15) is 98.6 Å². The molecular weight excluding hydrogens is 479 g/mol. The molecule has 0 heterocycles. The first kappa shape index (κ1) is 27.9. The summed E-state index contributed by atoms with van der Waals surface area (Å²) in [5, 5.41) is 1.46. The molecule has 3 rings (SSSR count). The van der Waals surface area contributed by atoms with Crippen LogP contribution in [-0.2, 0) is 12.8 Å². The molecule has 0 atom stereocenters. The second-order valence-corrected chi connectivity index (χ2v) is 10.2. The zero-order valence-electron chi connectivity index (χ0n) is 21.6. The van der Waals surface area contributed by atoms with Crippen molar-refractivity contribution in [3.05, 3.63) is 104 Å². The number of aryl methyl sites for hydroxylation is 2. The minimum atomic E-state index is 0.732. The zero-order chi connectivity index (χ0) is 25.6. The number of hydrogen-bond donors (Lipinski definition) is 0. The Balaban J connectivity index is 1.99. The van der Waals surface area contributed by atoms with Gasteiger partial charge in [0.05, 0.1) is 0 Å². The monoisotopic (exact) mass is 514 g/mol. The molecule has 0 aliphatic rings. The first-order chi connectivity index (χ1) is 17.6. The summed E-state index contributed by atoms with van der Waals surface area (Å²) in [6.07, 6.45) is 11.9. The fourth-order valence-electron chi connectivity index (χ4n) is 4.17. The highest BCUT2D eigenvalue weighted by Crippen LogP contribution is 2.22. The first-order valence-corrected chi connectivity index (χ1v) is 14.1. The average Bonchev–Trinajstić information content (AvgIpc) is 2.89. The number of unbranched alkanes of at least 4 members (excludes halogenated alkanes) is 6. The molecule has 0 unspecified atom stereocenters. The fourth-order valence-corrected chi connectivity index (χ4v) is 4.42. The largest absolute Gasteiger partial charge is 0.0843 e. The van der Waals surface area contributed by atoms with Gasteiger partial charge in [0.25, 0.3) is 0 Å². The van der Waals surface area contributed by atoms with Gasteiger partial charge in [-0.3, -0.25) is 0 Å². The fraction of sp³-hybridized carbons (Fsp3) is 0.353. The molecule has 0 amide bonds. The molecule has 3 aromatic rings. The third-order valence-electron chi connectivity index (χ3n) is 6.30. The second-order valence-electron chi connectivity index (χ2n) is 9.30. The van der Waals surface area contributed by atoms with Gasteiger partial charge in [-0.1, -0.05) is 99.3 Å². The Morgan fingerprint density at radius 3 is 1.25 bits per heavy atom. The molecule has 0 aliphatic carbocycles. The SMILES string of the molecule is CCCCCCc1cc(C#Cc2ccc(Cl)cc2)c(CCCCCC)cc1C#Cc1ccc(Cl)cc1. The topological polar surface area (TPSA) is 0 Å². The van der Waals surface area contributed by atoms with Crippen LogP contribution in [0.2, 0.25) is 10.0 Å². The van der Waals surface area contributed by atoms with Crippen molar-refractivity contribution in [3.8, 4) is 23.7 Å². The Morgan fingerprint density at radius 2 is 0.889 bits per heavy atom. The Labute approximate surface area is 228 Å². The summed E-state index contributed by atoms with van der Waals surface area (Å²) in [6.45, 7) is 4.50. The minimum absolute atomic E-state index is 0.732. The van der Waals surface area contributed by atoms with Crippen molar-refractivity contribution >= 4 is 23.2 Å². The number of halogens is 2. The minimum Gasteiger partial charge on any atom is -0.0843 e. The molecule has 0 radical (unpaired) electrons. The van der Waals surface area contributed by atoms with Gasteiger partial charge in [-0.15, -0.1) is 0 Å². The predicted molar refractivity (Wildman–Crippen MR) is 157 cm³/mol. The van der Waals surface area contributed by atoms with Crippen LogP contribution >= 0.6 is 23.2 Å². The first-order valence-electron chi connectivity index (χ1n) is 13.3. The molecule has 0 aromatic heterocycles. The van der Waals surface area contributed by atoms with Crippen molar-refractivity contribution in [2.24, 2.45) is 0 Å². The summed E-state index contributed by atoms with van der Waals surface area (Å²) in [7, 11) is 0. The van der Waals surface area contributed by atoms with E-state index in [1.54, 1.807) is 0 Å². The second kappa shape index (κ2) is 15.5. The van der Waals surface area contributed by atoms with Gasteiger partial charge in [0.15, 0.2) is 0 Å². The molecule has 36 heavy (non-hydrogen) atoms. The lowest BCUT2D eigenvalue weighted by Gasteiger charge is -2.12. The van der Waals surface area contributed by atoms with Crippen LogP contribution in [0.5, 0.6) is 0 Å². The highest BCUT2D eigenvalue weighted by atomic mass is 35.5. The van der Waals surface area contributed by atoms with Crippen molar-refractivity contribution in [3.63, 3.8) is 0 Å². The molecule has 0 bridgehead atoms. The molecule has 186 valence electrons. The number of benzene rings is 3. The number of hydrogen-bond acceptors (Lipinski definition) is 0. The summed E-state index contributed by atoms with van der Waals surface area (Å²) in [4.78, 5) is 0. The highest BCUT2D eigenvalue weighted by Gasteiger charge is 2.09. The van der Waals surface area contributed by atoms with Gasteiger partial charge < -0.3 is 0 Å². The maximum atomic E-state index is 6.06. The van der Waals surface area contributed by atoms with Crippen LogP contribution in [-0.4, -0.2) is 0 Å². The highest BCUT2D eigenvalue weighted by molar-refractivity contribution is 6.30. The number of rotatable bonds is 10. The van der Waals surface area contributed by atoms with Gasteiger partial charge in [0.1, 0.15) is 0 Å². The van der Waals surface area contributed by atoms with E-state index in [2.05, 4.69) is 49.7 Å². The Bertz CT molecular complexity index is 1110. The Kier molecular flexibility index (Phi) is 12.0. The van der Waals surface area contributed by atoms with Gasteiger partial charge in [0, 0.05) is 32.3 Å². The lowest BCUT2D eigenvalue weighted by Crippen LogP contribution is -1.99. The van der Waals surface area contributed by atoms with E-state index in [0.717, 1.165) is 45.1 Å². The molecule has 3 aromatic carbocycles. The van der Waals surface area contributed by atoms with Crippen LogP contribution < -0.4 is 0 Å². The van der Waals surface area contributed by atoms with Crippen molar-refractivity contribution in [2.75, 3.05) is 0 Å². The molecule has 0 fully saturated rings. The van der Waals surface area contributed by atoms with E-state index in [1.165, 1.54) is 62.5 Å². The molecule has 0 saturated carbocycles. The van der Waals surface area contributed by atoms with Crippen molar-refractivity contribution in [1.82, 2.24) is 0 Å². The van der Waals surface area contributed by atoms with E-state index in [-0.39, 0.29) is 0 Å². The van der Waals surface area contributed by atoms with Crippen LogP contribution in [0.25, 0.3) is 0 Å². The van der Waals surface area contributed by atoms with Gasteiger partial charge in [-0.25, -0.2) is 0 Å². The van der Waals surface area contributed by atoms with Crippen LogP contribution in [0, 0.1) is 23.7 Å². The Hall–Kier alpha value is -2.64. The summed E-state index contributed by atoms with van der Waals surface area (Å²) >= 11 is 12.1. The van der Waals surface area contributed by atoms with Crippen molar-refractivity contribution < 1.29 is 0 Å². The smallest absolute Gasteiger partial charge is 0.0406 e. The molecule has 0 aliphatic heterocycles. The maximum absolute atomic E-state index is 6.06. The lowest BCUT2D eigenvalue weighted by atomic mass is 9.92. The molecule has 2 heteroatoms. The van der Waals surface area contributed by atoms with E-state index in [4.69, 9.17) is 23.2 Å². The third kappa shape index (κ3) is 9.43. The van der Waals surface area contributed by atoms with E-state index in [1.807, 2.05) is 48.5 Å². The van der Waals surface area contributed by atoms with Crippen molar-refractivity contribution in [2.45, 2.75) is 78.1 Å². The average molecular weight is 516 g/mol. The molecule has 0 nitrogen and oxygen atoms in total. The summed E-state index contributed by atoms with van der Waals surface area (Å²) in [5.74, 6) is 13.7. The van der Waals surface area contributed by atoms with Crippen LogP contribution in [0.3, 0.4) is 0 Å². The third-order valence-corrected chi connectivity index (χ3v) is 6.80. The van der Waals surface area contributed by atoms with Crippen molar-refractivity contribution in [1.29, 1.82) is 0 Å². The zero-order valence-corrected chi connectivity index (χ0v) is 23.1. The van der Waals surface area contributed by atoms with E-state index in [9.17, 15) is 0 Å². The maximum Gasteiger partial charge on any atom is 0.0406 e. The van der Waals surface area contributed by atoms with Gasteiger partial charge >= 0.3 is 0 Å². The summed E-state index contributed by atoms with van der Waals surface area (Å²) < 4.78 is 0. The van der Waals surface area contributed by atoms with E-state index < -0.39 is 0 Å². The Morgan fingerprint density at radius 1 is 0.500 bits per heavy atom. The molecule has 0 spiro atoms. The van der Waals surface area contributed by atoms with E-state index in [0.29, 0.717) is 0 Å². The standard InChI is InChI=1S/C34H36Cl2/c1-3-5-7-9-11-29-25-32(20-14-28-17-23-34(36)24-18-28)30(12-10-8-6-4-2)26-31(29)19-13-27-15-21-33(35)22-16-27/h15-18,21-26H,3-12H2,1-2H3. The van der Waals surface area contributed by atoms with E-state index >= 15 is 0 Å². The lowest BCUT2D eigenvalue weighted by molar-refractivity contribution is 0.662. The predicted octanol–water partition coefficient (Wildman–Crippen LogP) is 10.0. The normalized spacial score (nSPS) is 10.3. The van der Waals surface area contributed by atoms with Crippen LogP contribution in [0.4, 0.5) is 0 Å². The quantitative estimate of drug-likeness (QED) is 0.186. The molecular formula is C34H36Cl2. The molecule has 0 saturated heterocycles. The van der Waals surface area contributed by atoms with Gasteiger partial charge in [-0.2, -0.15) is 0 Å². The summed E-state index contributed by atoms with van der Waals surface area (Å²) in [5.41, 5.74) is 6.81. The summed E-state index contributed by atoms with van der Waals surface area (Å²) in [6, 6.07) is 20.1. The van der Waals surface area contributed by atoms with Gasteiger partial charge in [0.2, 0.25) is 0 Å². The van der Waals surface area contributed by atoms with Gasteiger partial charge in [-0.05, 0) is 97.5 Å².